The summed E-state index contributed by atoms with van der Waals surface area (Å²) in [6.45, 7) is 4.64. The van der Waals surface area contributed by atoms with Gasteiger partial charge in [0.2, 0.25) is 0 Å². The molecule has 0 spiro atoms. The highest BCUT2D eigenvalue weighted by Gasteiger charge is 2.05. The number of unbranched alkanes of at least 4 members (excludes halogenated alkanes) is 15. The summed E-state index contributed by atoms with van der Waals surface area (Å²) in [5.74, 6) is 0. The van der Waals surface area contributed by atoms with Crippen molar-refractivity contribution in [3.05, 3.63) is 0 Å². The molecule has 0 rings (SSSR count). The van der Waals surface area contributed by atoms with Gasteiger partial charge in [-0.05, 0) is 12.8 Å². The molecule has 0 heterocycles. The zero-order valence-electron chi connectivity index (χ0n) is 18.8. The Labute approximate surface area is 177 Å². The summed E-state index contributed by atoms with van der Waals surface area (Å²) in [7, 11) is 3.42. The number of nitrogens with two attached hydrogens (primary N) is 1. The summed E-state index contributed by atoms with van der Waals surface area (Å²) in [6, 6.07) is 0. The van der Waals surface area contributed by atoms with Crippen LogP contribution >= 0.6 is 0 Å². The SMILES string of the molecule is CCCCCCCCCCCCCCCCCC[NH2+]CCC(OC)OC.[Cl-]. The van der Waals surface area contributed by atoms with Crippen molar-refractivity contribution in [1.29, 1.82) is 0 Å². The molecule has 0 fully saturated rings. The molecule has 0 aliphatic heterocycles. The van der Waals surface area contributed by atoms with Crippen molar-refractivity contribution in [1.82, 2.24) is 0 Å². The van der Waals surface area contributed by atoms with Crippen LogP contribution in [0.15, 0.2) is 0 Å². The summed E-state index contributed by atoms with van der Waals surface area (Å²) < 4.78 is 10.4. The first kappa shape index (κ1) is 29.4. The van der Waals surface area contributed by atoms with Crippen LogP contribution in [-0.2, 0) is 9.47 Å². The molecule has 27 heavy (non-hydrogen) atoms. The predicted octanol–water partition coefficient (Wildman–Crippen LogP) is 2.82. The van der Waals surface area contributed by atoms with Gasteiger partial charge in [-0.15, -0.1) is 0 Å². The summed E-state index contributed by atoms with van der Waals surface area (Å²) in [5, 5.41) is 2.40. The molecule has 0 radical (unpaired) electrons. The van der Waals surface area contributed by atoms with Gasteiger partial charge >= 0.3 is 0 Å². The average molecular weight is 408 g/mol. The molecule has 0 aromatic rings. The minimum atomic E-state index is -0.0305. The molecule has 3 nitrogen and oxygen atoms in total. The number of rotatable bonds is 22. The Morgan fingerprint density at radius 1 is 0.556 bits per heavy atom. The Bertz CT molecular complexity index is 251. The zero-order chi connectivity index (χ0) is 19.1. The smallest absolute Gasteiger partial charge is 0.162 e. The first-order valence-electron chi connectivity index (χ1n) is 11.7. The maximum absolute atomic E-state index is 5.19. The van der Waals surface area contributed by atoms with E-state index in [0.29, 0.717) is 0 Å². The number of hydrogen-bond acceptors (Lipinski definition) is 2. The third-order valence-corrected chi connectivity index (χ3v) is 5.39. The van der Waals surface area contributed by atoms with E-state index in [4.69, 9.17) is 9.47 Å². The normalized spacial score (nSPS) is 11.1. The summed E-state index contributed by atoms with van der Waals surface area (Å²) >= 11 is 0. The number of methoxy groups -OCH3 is 2. The van der Waals surface area contributed by atoms with Crippen molar-refractivity contribution in [2.75, 3.05) is 27.3 Å². The van der Waals surface area contributed by atoms with Crippen molar-refractivity contribution in [2.24, 2.45) is 0 Å². The van der Waals surface area contributed by atoms with Crippen LogP contribution in [0, 0.1) is 0 Å². The molecule has 0 aromatic heterocycles. The van der Waals surface area contributed by atoms with Crippen molar-refractivity contribution in [3.63, 3.8) is 0 Å². The van der Waals surface area contributed by atoms with E-state index < -0.39 is 0 Å². The maximum atomic E-state index is 5.19. The van der Waals surface area contributed by atoms with Gasteiger partial charge in [-0.3, -0.25) is 0 Å². The molecule has 0 aliphatic carbocycles. The highest BCUT2D eigenvalue weighted by atomic mass is 35.5. The molecule has 0 saturated carbocycles. The second-order valence-electron chi connectivity index (χ2n) is 7.86. The van der Waals surface area contributed by atoms with Crippen LogP contribution in [0.4, 0.5) is 0 Å². The second kappa shape index (κ2) is 26.2. The molecule has 0 amide bonds. The van der Waals surface area contributed by atoms with Crippen LogP contribution in [-0.4, -0.2) is 33.6 Å². The number of quaternary nitrogens is 1. The van der Waals surface area contributed by atoms with Crippen LogP contribution in [0.2, 0.25) is 0 Å². The fourth-order valence-electron chi connectivity index (χ4n) is 3.57. The minimum absolute atomic E-state index is 0. The van der Waals surface area contributed by atoms with E-state index in [1.807, 2.05) is 0 Å². The standard InChI is InChI=1S/C23H49NO2.ClH/c1-4-5-6-7-8-9-10-11-12-13-14-15-16-17-18-19-21-24-22-20-23(25-2)26-3;/h23-24H,4-22H2,1-3H3;1H. The van der Waals surface area contributed by atoms with E-state index in [1.54, 1.807) is 14.2 Å². The summed E-state index contributed by atoms with van der Waals surface area (Å²) in [6.07, 6.45) is 24.0. The molecule has 0 atom stereocenters. The van der Waals surface area contributed by atoms with Crippen LogP contribution in [0.5, 0.6) is 0 Å². The van der Waals surface area contributed by atoms with E-state index in [1.165, 1.54) is 109 Å². The van der Waals surface area contributed by atoms with Crippen molar-refractivity contribution in [3.8, 4) is 0 Å². The molecule has 2 N–H and O–H groups in total. The minimum Gasteiger partial charge on any atom is -1.00 e. The lowest BCUT2D eigenvalue weighted by atomic mass is 10.0. The van der Waals surface area contributed by atoms with Gasteiger partial charge in [-0.2, -0.15) is 0 Å². The highest BCUT2D eigenvalue weighted by Crippen LogP contribution is 2.13. The fraction of sp³-hybridized carbons (Fsp3) is 1.00. The quantitative estimate of drug-likeness (QED) is 0.221. The first-order valence-corrected chi connectivity index (χ1v) is 11.7. The Balaban J connectivity index is 0. The van der Waals surface area contributed by atoms with E-state index in [0.717, 1.165) is 13.0 Å². The number of ether oxygens (including phenoxy) is 2. The molecule has 0 unspecified atom stereocenters. The lowest BCUT2D eigenvalue weighted by Gasteiger charge is -2.11. The third kappa shape index (κ3) is 24.1. The van der Waals surface area contributed by atoms with Crippen LogP contribution in [0.1, 0.15) is 116 Å². The van der Waals surface area contributed by atoms with E-state index in [-0.39, 0.29) is 18.7 Å². The van der Waals surface area contributed by atoms with Gasteiger partial charge in [0.25, 0.3) is 0 Å². The molecule has 0 saturated heterocycles. The van der Waals surface area contributed by atoms with Gasteiger partial charge in [0.05, 0.1) is 13.1 Å². The Morgan fingerprint density at radius 2 is 0.926 bits per heavy atom. The third-order valence-electron chi connectivity index (χ3n) is 5.39. The topological polar surface area (TPSA) is 35.1 Å². The Hall–Kier alpha value is 0.170. The average Bonchev–Trinajstić information content (AvgIpc) is 2.66. The van der Waals surface area contributed by atoms with Gasteiger partial charge in [-0.1, -0.05) is 96.8 Å². The predicted molar refractivity (Wildman–Crippen MR) is 114 cm³/mol. The molecule has 4 heteroatoms. The Kier molecular flexibility index (Phi) is 28.5. The van der Waals surface area contributed by atoms with Crippen LogP contribution in [0.25, 0.3) is 0 Å². The Morgan fingerprint density at radius 3 is 1.30 bits per heavy atom. The lowest BCUT2D eigenvalue weighted by molar-refractivity contribution is -0.657. The van der Waals surface area contributed by atoms with Gasteiger partial charge in [0, 0.05) is 20.6 Å². The first-order chi connectivity index (χ1) is 12.8. The van der Waals surface area contributed by atoms with Crippen molar-refractivity contribution < 1.29 is 27.2 Å². The van der Waals surface area contributed by atoms with Gasteiger partial charge in [0.15, 0.2) is 6.29 Å². The van der Waals surface area contributed by atoms with Crippen LogP contribution in [0.3, 0.4) is 0 Å². The largest absolute Gasteiger partial charge is 1.00 e. The molecule has 0 bridgehead atoms. The van der Waals surface area contributed by atoms with Gasteiger partial charge in [0.1, 0.15) is 0 Å². The lowest BCUT2D eigenvalue weighted by Crippen LogP contribution is -3.00. The number of hydrogen-bond donors (Lipinski definition) is 1. The molecule has 166 valence electrons. The van der Waals surface area contributed by atoms with Crippen LogP contribution < -0.4 is 17.7 Å². The highest BCUT2D eigenvalue weighted by molar-refractivity contribution is 4.49. The number of halogens is 1. The van der Waals surface area contributed by atoms with Gasteiger partial charge in [-0.25, -0.2) is 0 Å². The van der Waals surface area contributed by atoms with E-state index >= 15 is 0 Å². The molecular formula is C23H50ClNO2. The molecule has 0 aliphatic rings. The second-order valence-corrected chi connectivity index (χ2v) is 7.86. The maximum Gasteiger partial charge on any atom is 0.162 e. The fourth-order valence-corrected chi connectivity index (χ4v) is 3.57. The molecule has 0 aromatic carbocycles. The van der Waals surface area contributed by atoms with Gasteiger partial charge < -0.3 is 27.2 Å². The summed E-state index contributed by atoms with van der Waals surface area (Å²) in [4.78, 5) is 0. The van der Waals surface area contributed by atoms with Crippen molar-refractivity contribution in [2.45, 2.75) is 122 Å². The molecular weight excluding hydrogens is 358 g/mol. The summed E-state index contributed by atoms with van der Waals surface area (Å²) in [5.41, 5.74) is 0. The zero-order valence-corrected chi connectivity index (χ0v) is 19.5. The monoisotopic (exact) mass is 407 g/mol. The van der Waals surface area contributed by atoms with Crippen molar-refractivity contribution >= 4 is 0 Å². The van der Waals surface area contributed by atoms with E-state index in [9.17, 15) is 0 Å². The van der Waals surface area contributed by atoms with E-state index in [2.05, 4.69) is 12.2 Å².